The van der Waals surface area contributed by atoms with Gasteiger partial charge >= 0.3 is 5.97 Å². The lowest BCUT2D eigenvalue weighted by Crippen LogP contribution is -2.22. The molecule has 0 amide bonds. The molecule has 124 valence electrons. The first-order valence-corrected chi connectivity index (χ1v) is 9.28. The van der Waals surface area contributed by atoms with Crippen molar-refractivity contribution < 1.29 is 13.9 Å². The van der Waals surface area contributed by atoms with E-state index < -0.39 is 0 Å². The Morgan fingerprint density at radius 2 is 2.17 bits per heavy atom. The van der Waals surface area contributed by atoms with Gasteiger partial charge < -0.3 is 9.15 Å². The summed E-state index contributed by atoms with van der Waals surface area (Å²) in [4.78, 5) is 28.3. The van der Waals surface area contributed by atoms with E-state index in [4.69, 9.17) is 9.15 Å². The van der Waals surface area contributed by atoms with Gasteiger partial charge in [0.2, 0.25) is 11.2 Å². The molecule has 23 heavy (non-hydrogen) atoms. The highest BCUT2D eigenvalue weighted by Crippen LogP contribution is 2.26. The highest BCUT2D eigenvalue weighted by Gasteiger charge is 2.18. The largest absolute Gasteiger partial charge is 0.464 e. The number of hydrogen-bond acceptors (Lipinski definition) is 7. The van der Waals surface area contributed by atoms with Crippen LogP contribution in [0.15, 0.2) is 31.3 Å². The molecule has 0 spiro atoms. The lowest BCUT2D eigenvalue weighted by molar-refractivity contribution is -0.139. The molecular formula is C16H19NO4S2. The zero-order valence-electron chi connectivity index (χ0n) is 13.3. The van der Waals surface area contributed by atoms with Crippen LogP contribution in [0.4, 0.5) is 0 Å². The molecule has 2 aromatic rings. The summed E-state index contributed by atoms with van der Waals surface area (Å²) >= 11 is 3.06. The fraction of sp³-hybridized carbons (Fsp3) is 0.438. The second kappa shape index (κ2) is 8.31. The minimum atomic E-state index is -0.386. The van der Waals surface area contributed by atoms with Crippen molar-refractivity contribution in [3.05, 3.63) is 39.4 Å². The van der Waals surface area contributed by atoms with E-state index in [1.807, 2.05) is 26.2 Å². The van der Waals surface area contributed by atoms with Crippen molar-refractivity contribution in [2.75, 3.05) is 0 Å². The van der Waals surface area contributed by atoms with Gasteiger partial charge in [0.05, 0.1) is 11.7 Å². The molecule has 0 radical (unpaired) electrons. The van der Waals surface area contributed by atoms with Crippen molar-refractivity contribution >= 4 is 29.1 Å². The summed E-state index contributed by atoms with van der Waals surface area (Å²) in [6, 6.07) is 1.36. The molecule has 0 bridgehead atoms. The molecule has 2 aromatic heterocycles. The van der Waals surface area contributed by atoms with Crippen LogP contribution in [0.1, 0.15) is 38.1 Å². The monoisotopic (exact) mass is 353 g/mol. The molecule has 0 aliphatic heterocycles. The molecule has 2 rings (SSSR count). The summed E-state index contributed by atoms with van der Waals surface area (Å²) in [7, 11) is 0. The predicted octanol–water partition coefficient (Wildman–Crippen LogP) is 4.04. The van der Waals surface area contributed by atoms with Crippen molar-refractivity contribution in [3.63, 3.8) is 0 Å². The van der Waals surface area contributed by atoms with Gasteiger partial charge in [0.1, 0.15) is 12.0 Å². The van der Waals surface area contributed by atoms with Gasteiger partial charge in [0.25, 0.3) is 0 Å². The Labute approximate surface area is 143 Å². The number of hydrogen-bond donors (Lipinski definition) is 0. The van der Waals surface area contributed by atoms with Crippen molar-refractivity contribution in [1.82, 2.24) is 4.98 Å². The molecular weight excluding hydrogens is 334 g/mol. The first-order valence-electron chi connectivity index (χ1n) is 7.41. The zero-order chi connectivity index (χ0) is 16.8. The summed E-state index contributed by atoms with van der Waals surface area (Å²) < 4.78 is 11.5. The van der Waals surface area contributed by atoms with Crippen molar-refractivity contribution in [2.24, 2.45) is 5.92 Å². The summed E-state index contributed by atoms with van der Waals surface area (Å²) in [5.74, 6) is 0.388. The third-order valence-corrected chi connectivity index (χ3v) is 5.48. The fourth-order valence-electron chi connectivity index (χ4n) is 1.93. The number of esters is 1. The highest BCUT2D eigenvalue weighted by atomic mass is 32.2. The number of carbonyl (C=O) groups excluding carboxylic acids is 1. The van der Waals surface area contributed by atoms with Gasteiger partial charge in [-0.3, -0.25) is 9.59 Å². The van der Waals surface area contributed by atoms with Crippen LogP contribution in [0, 0.1) is 12.8 Å². The van der Waals surface area contributed by atoms with Crippen LogP contribution in [0.2, 0.25) is 0 Å². The van der Waals surface area contributed by atoms with E-state index in [1.165, 1.54) is 24.1 Å². The van der Waals surface area contributed by atoms with Crippen LogP contribution in [0.3, 0.4) is 0 Å². The van der Waals surface area contributed by atoms with E-state index in [2.05, 4.69) is 4.98 Å². The van der Waals surface area contributed by atoms with Gasteiger partial charge in [-0.1, -0.05) is 25.6 Å². The summed E-state index contributed by atoms with van der Waals surface area (Å²) in [6.45, 7) is 5.76. The van der Waals surface area contributed by atoms with E-state index in [-0.39, 0.29) is 23.1 Å². The highest BCUT2D eigenvalue weighted by molar-refractivity contribution is 8.00. The molecule has 0 N–H and O–H groups in total. The molecule has 0 aromatic carbocycles. The summed E-state index contributed by atoms with van der Waals surface area (Å²) in [5, 5.41) is 1.97. The number of rotatable bonds is 7. The molecule has 0 unspecified atom stereocenters. The van der Waals surface area contributed by atoms with Crippen LogP contribution >= 0.6 is 23.1 Å². The predicted molar refractivity (Wildman–Crippen MR) is 91.1 cm³/mol. The molecule has 0 atom stereocenters. The number of ether oxygens (including phenoxy) is 1. The maximum absolute atomic E-state index is 12.0. The number of carbonyl (C=O) groups is 1. The molecule has 0 saturated carbocycles. The van der Waals surface area contributed by atoms with E-state index in [0.717, 1.165) is 10.0 Å². The average molecular weight is 353 g/mol. The maximum atomic E-state index is 12.0. The van der Waals surface area contributed by atoms with E-state index in [1.54, 1.807) is 11.3 Å². The third-order valence-electron chi connectivity index (χ3n) is 3.32. The number of aryl methyl sites for hydroxylation is 1. The first-order chi connectivity index (χ1) is 11.0. The van der Waals surface area contributed by atoms with Crippen LogP contribution in [0.25, 0.3) is 0 Å². The number of aromatic nitrogens is 1. The average Bonchev–Trinajstić information content (AvgIpc) is 2.94. The van der Waals surface area contributed by atoms with Crippen LogP contribution in [-0.4, -0.2) is 11.0 Å². The molecule has 0 saturated heterocycles. The number of thioether (sulfide) groups is 1. The Kier molecular flexibility index (Phi) is 6.41. The minimum absolute atomic E-state index is 0.0549. The van der Waals surface area contributed by atoms with E-state index >= 15 is 0 Å². The van der Waals surface area contributed by atoms with Crippen LogP contribution in [-0.2, 0) is 10.5 Å². The second-order valence-corrected chi connectivity index (χ2v) is 7.13. The van der Waals surface area contributed by atoms with Crippen molar-refractivity contribution in [3.8, 4) is 5.75 Å². The second-order valence-electron chi connectivity index (χ2n) is 5.05. The normalized spacial score (nSPS) is 11.0. The van der Waals surface area contributed by atoms with Gasteiger partial charge in [-0.15, -0.1) is 11.3 Å². The summed E-state index contributed by atoms with van der Waals surface area (Å²) in [6.07, 6.45) is 2.58. The smallest absolute Gasteiger partial charge is 0.314 e. The van der Waals surface area contributed by atoms with Crippen molar-refractivity contribution in [2.45, 2.75) is 43.7 Å². The topological polar surface area (TPSA) is 69.4 Å². The Morgan fingerprint density at radius 3 is 2.74 bits per heavy atom. The first kappa shape index (κ1) is 17.7. The molecule has 0 fully saturated rings. The number of nitrogens with zero attached hydrogens (tertiary/aromatic N) is 1. The van der Waals surface area contributed by atoms with Gasteiger partial charge in [-0.05, 0) is 19.8 Å². The van der Waals surface area contributed by atoms with Gasteiger partial charge in [-0.25, -0.2) is 4.98 Å². The maximum Gasteiger partial charge on any atom is 0.314 e. The quantitative estimate of drug-likeness (QED) is 0.553. The van der Waals surface area contributed by atoms with Crippen LogP contribution < -0.4 is 10.2 Å². The molecule has 5 nitrogen and oxygen atoms in total. The molecule has 0 aliphatic rings. The Morgan fingerprint density at radius 1 is 1.43 bits per heavy atom. The van der Waals surface area contributed by atoms with Gasteiger partial charge in [-0.2, -0.15) is 0 Å². The molecule has 7 heteroatoms. The molecule has 2 heterocycles. The van der Waals surface area contributed by atoms with E-state index in [0.29, 0.717) is 24.4 Å². The summed E-state index contributed by atoms with van der Waals surface area (Å²) in [5.41, 5.74) is 0.629. The Bertz CT molecular complexity index is 719. The Balaban J connectivity index is 2.00. The van der Waals surface area contributed by atoms with Crippen LogP contribution in [0.5, 0.6) is 5.75 Å². The molecule has 0 aliphatic carbocycles. The lowest BCUT2D eigenvalue weighted by Gasteiger charge is -2.10. The minimum Gasteiger partial charge on any atom is -0.464 e. The van der Waals surface area contributed by atoms with E-state index in [9.17, 15) is 9.59 Å². The lowest BCUT2D eigenvalue weighted by atomic mass is 10.0. The van der Waals surface area contributed by atoms with Crippen molar-refractivity contribution in [1.29, 1.82) is 0 Å². The van der Waals surface area contributed by atoms with Gasteiger partial charge in [0.15, 0.2) is 4.34 Å². The number of thiazole rings is 1. The Hall–Kier alpha value is -1.60. The standard InChI is InChI=1S/C16H19NO4S2/c1-4-11(5-2)15(19)21-14-7-20-12(6-13(14)18)9-23-16-17-10(3)8-22-16/h6-8,11H,4-5,9H2,1-3H3. The third kappa shape index (κ3) is 4.94. The fourth-order valence-corrected chi connectivity index (χ4v) is 3.67. The SMILES string of the molecule is CCC(CC)C(=O)Oc1coc(CSc2nc(C)cs2)cc1=O. The van der Waals surface area contributed by atoms with Gasteiger partial charge in [0, 0.05) is 17.1 Å². The zero-order valence-corrected chi connectivity index (χ0v) is 15.0.